The van der Waals surface area contributed by atoms with E-state index in [9.17, 15) is 0 Å². The van der Waals surface area contributed by atoms with Crippen LogP contribution in [0.2, 0.25) is 0 Å². The van der Waals surface area contributed by atoms with Crippen LogP contribution < -0.4 is 0 Å². The summed E-state index contributed by atoms with van der Waals surface area (Å²) in [5, 5.41) is 8.77. The molecule has 0 spiro atoms. The third kappa shape index (κ3) is 1.84. The summed E-state index contributed by atoms with van der Waals surface area (Å²) < 4.78 is 0. The standard InChI is InChI=1S/C8H10OSe/c9-6-8(10)7-4-2-1-3-5-7/h1-5,8-10H,6H2. The fourth-order valence-corrected chi connectivity index (χ4v) is 1.14. The molecule has 0 aliphatic heterocycles. The molecule has 0 fully saturated rings. The number of aliphatic hydroxyl groups is 1. The molecule has 1 N–H and O–H groups in total. The van der Waals surface area contributed by atoms with Gasteiger partial charge in [0.2, 0.25) is 0 Å². The molecule has 0 saturated heterocycles. The van der Waals surface area contributed by atoms with Gasteiger partial charge < -0.3 is 0 Å². The van der Waals surface area contributed by atoms with E-state index in [1.165, 1.54) is 5.56 Å². The second-order valence-corrected chi connectivity index (χ2v) is 3.42. The molecule has 0 heterocycles. The van der Waals surface area contributed by atoms with Crippen molar-refractivity contribution in [3.05, 3.63) is 35.9 Å². The van der Waals surface area contributed by atoms with E-state index in [-0.39, 0.29) is 11.4 Å². The molecule has 1 atom stereocenters. The zero-order valence-corrected chi connectivity index (χ0v) is 7.44. The zero-order valence-electron chi connectivity index (χ0n) is 5.57. The first-order valence-electron chi connectivity index (χ1n) is 3.18. The molecule has 0 aliphatic carbocycles. The van der Waals surface area contributed by atoms with Gasteiger partial charge in [-0.3, -0.25) is 0 Å². The molecule has 1 nitrogen and oxygen atoms in total. The Morgan fingerprint density at radius 1 is 1.30 bits per heavy atom. The van der Waals surface area contributed by atoms with Crippen LogP contribution in [-0.4, -0.2) is 27.7 Å². The average molecular weight is 201 g/mol. The van der Waals surface area contributed by atoms with Crippen LogP contribution in [0.5, 0.6) is 0 Å². The number of benzene rings is 1. The summed E-state index contributed by atoms with van der Waals surface area (Å²) in [6.45, 7) is 0.198. The van der Waals surface area contributed by atoms with Crippen LogP contribution in [0.25, 0.3) is 0 Å². The fourth-order valence-electron chi connectivity index (χ4n) is 0.781. The van der Waals surface area contributed by atoms with Gasteiger partial charge in [0.1, 0.15) is 0 Å². The second-order valence-electron chi connectivity index (χ2n) is 2.11. The summed E-state index contributed by atoms with van der Waals surface area (Å²) in [5.74, 6) is 0. The van der Waals surface area contributed by atoms with Gasteiger partial charge in [-0.15, -0.1) is 0 Å². The molecular weight excluding hydrogens is 191 g/mol. The van der Waals surface area contributed by atoms with Crippen molar-refractivity contribution in [1.82, 2.24) is 0 Å². The third-order valence-electron chi connectivity index (χ3n) is 1.36. The summed E-state index contributed by atoms with van der Waals surface area (Å²) in [7, 11) is 0. The predicted molar refractivity (Wildman–Crippen MR) is 43.4 cm³/mol. The van der Waals surface area contributed by atoms with Gasteiger partial charge in [0.15, 0.2) is 0 Å². The van der Waals surface area contributed by atoms with Gasteiger partial charge >= 0.3 is 68.4 Å². The Morgan fingerprint density at radius 3 is 2.40 bits per heavy atom. The molecular formula is C8H10OSe. The molecule has 0 bridgehead atoms. The Kier molecular flexibility index (Phi) is 2.94. The molecule has 0 radical (unpaired) electrons. The molecule has 1 aromatic carbocycles. The fraction of sp³-hybridized carbons (Fsp3) is 0.250. The molecule has 0 saturated carbocycles. The van der Waals surface area contributed by atoms with Crippen LogP contribution >= 0.6 is 0 Å². The van der Waals surface area contributed by atoms with Crippen molar-refractivity contribution in [2.24, 2.45) is 0 Å². The quantitative estimate of drug-likeness (QED) is 0.695. The van der Waals surface area contributed by atoms with Crippen LogP contribution in [0.4, 0.5) is 0 Å². The van der Waals surface area contributed by atoms with Gasteiger partial charge in [0.25, 0.3) is 0 Å². The van der Waals surface area contributed by atoms with Crippen LogP contribution in [0, 0.1) is 0 Å². The van der Waals surface area contributed by atoms with Gasteiger partial charge in [-0.1, -0.05) is 0 Å². The summed E-state index contributed by atoms with van der Waals surface area (Å²) in [6, 6.07) is 9.95. The Labute approximate surface area is 68.9 Å². The van der Waals surface area contributed by atoms with Crippen molar-refractivity contribution in [3.63, 3.8) is 0 Å². The van der Waals surface area contributed by atoms with Crippen molar-refractivity contribution in [1.29, 1.82) is 0 Å². The van der Waals surface area contributed by atoms with Gasteiger partial charge in [-0.25, -0.2) is 0 Å². The second kappa shape index (κ2) is 3.77. The topological polar surface area (TPSA) is 20.2 Å². The molecule has 0 aliphatic rings. The zero-order chi connectivity index (χ0) is 7.40. The Hall–Kier alpha value is -0.301. The van der Waals surface area contributed by atoms with Gasteiger partial charge in [-0.05, 0) is 0 Å². The number of rotatable bonds is 2. The summed E-state index contributed by atoms with van der Waals surface area (Å²) in [6.07, 6.45) is 0. The molecule has 10 heavy (non-hydrogen) atoms. The number of hydrogen-bond acceptors (Lipinski definition) is 1. The molecule has 1 aromatic rings. The van der Waals surface area contributed by atoms with Crippen LogP contribution in [-0.2, 0) is 0 Å². The average Bonchev–Trinajstić information content (AvgIpc) is 2.05. The summed E-state index contributed by atoms with van der Waals surface area (Å²) >= 11 is 2.45. The van der Waals surface area contributed by atoms with Crippen LogP contribution in [0.3, 0.4) is 0 Å². The maximum atomic E-state index is 8.77. The van der Waals surface area contributed by atoms with E-state index in [2.05, 4.69) is 16.0 Å². The molecule has 2 heteroatoms. The molecule has 1 unspecified atom stereocenters. The third-order valence-corrected chi connectivity index (χ3v) is 2.33. The Balaban J connectivity index is 2.75. The first-order valence-corrected chi connectivity index (χ1v) is 4.27. The van der Waals surface area contributed by atoms with E-state index in [1.54, 1.807) is 0 Å². The van der Waals surface area contributed by atoms with Crippen molar-refractivity contribution in [2.45, 2.75) is 4.82 Å². The van der Waals surface area contributed by atoms with Crippen LogP contribution in [0.15, 0.2) is 30.3 Å². The van der Waals surface area contributed by atoms with E-state index in [0.29, 0.717) is 0 Å². The number of aliphatic hydroxyl groups excluding tert-OH is 1. The van der Waals surface area contributed by atoms with Gasteiger partial charge in [-0.2, -0.15) is 0 Å². The Bertz CT molecular complexity index is 186. The van der Waals surface area contributed by atoms with Gasteiger partial charge in [0.05, 0.1) is 0 Å². The summed E-state index contributed by atoms with van der Waals surface area (Å²) in [4.78, 5) is 0.202. The molecule has 0 aromatic heterocycles. The van der Waals surface area contributed by atoms with Crippen molar-refractivity contribution >= 4 is 16.0 Å². The van der Waals surface area contributed by atoms with Crippen molar-refractivity contribution in [2.75, 3.05) is 6.61 Å². The first kappa shape index (κ1) is 7.80. The van der Waals surface area contributed by atoms with Crippen molar-refractivity contribution < 1.29 is 5.11 Å². The van der Waals surface area contributed by atoms with E-state index in [1.807, 2.05) is 30.3 Å². The molecule has 0 amide bonds. The maximum absolute atomic E-state index is 8.77. The molecule has 54 valence electrons. The molecule has 1 rings (SSSR count). The first-order chi connectivity index (χ1) is 4.84. The van der Waals surface area contributed by atoms with Crippen LogP contribution in [0.1, 0.15) is 10.4 Å². The van der Waals surface area contributed by atoms with E-state index >= 15 is 0 Å². The number of hydrogen-bond donors (Lipinski definition) is 1. The SMILES string of the molecule is OCC([SeH])c1ccccc1. The van der Waals surface area contributed by atoms with E-state index < -0.39 is 0 Å². The van der Waals surface area contributed by atoms with Crippen molar-refractivity contribution in [3.8, 4) is 0 Å². The van der Waals surface area contributed by atoms with E-state index in [4.69, 9.17) is 5.11 Å². The van der Waals surface area contributed by atoms with E-state index in [0.717, 1.165) is 0 Å². The van der Waals surface area contributed by atoms with Gasteiger partial charge in [0, 0.05) is 0 Å². The monoisotopic (exact) mass is 202 g/mol. The summed E-state index contributed by atoms with van der Waals surface area (Å²) in [5.41, 5.74) is 1.17. The predicted octanol–water partition coefficient (Wildman–Crippen LogP) is 0.621. The minimum absolute atomic E-state index is 0.198. The minimum atomic E-state index is 0.198. The normalized spacial score (nSPS) is 13.0. The Morgan fingerprint density at radius 2 is 1.90 bits per heavy atom.